The van der Waals surface area contributed by atoms with Crippen LogP contribution >= 0.6 is 0 Å². The maximum atomic E-state index is 13.2. The molecule has 3 aromatic rings. The highest BCUT2D eigenvalue weighted by Crippen LogP contribution is 2.41. The summed E-state index contributed by atoms with van der Waals surface area (Å²) in [6.07, 6.45) is -0.0787. The first kappa shape index (κ1) is 20.7. The second kappa shape index (κ2) is 8.65. The summed E-state index contributed by atoms with van der Waals surface area (Å²) in [5.41, 5.74) is 1.75. The van der Waals surface area contributed by atoms with Gasteiger partial charge >= 0.3 is 6.03 Å². The molecule has 0 saturated carbocycles. The first-order chi connectivity index (χ1) is 14.9. The fraction of sp³-hybridized carbons (Fsp3) is 0.208. The lowest BCUT2D eigenvalue weighted by atomic mass is 9.92. The van der Waals surface area contributed by atoms with Gasteiger partial charge in [0.1, 0.15) is 17.3 Å². The van der Waals surface area contributed by atoms with Crippen molar-refractivity contribution < 1.29 is 24.5 Å². The molecule has 4 rings (SSSR count). The number of carbonyl (C=O) groups excluding carboxylic acids is 1. The smallest absolute Gasteiger partial charge is 0.322 e. The van der Waals surface area contributed by atoms with Gasteiger partial charge in [0.05, 0.1) is 18.2 Å². The molecule has 1 saturated heterocycles. The molecule has 2 amide bonds. The molecule has 0 aliphatic carbocycles. The van der Waals surface area contributed by atoms with E-state index in [0.717, 1.165) is 0 Å². The fourth-order valence-corrected chi connectivity index (χ4v) is 4.04. The van der Waals surface area contributed by atoms with Gasteiger partial charge in [-0.25, -0.2) is 9.18 Å². The van der Waals surface area contributed by atoms with Crippen LogP contribution in [0.25, 0.3) is 0 Å². The highest BCUT2D eigenvalue weighted by Gasteiger charge is 2.42. The third kappa shape index (κ3) is 4.32. The van der Waals surface area contributed by atoms with Crippen LogP contribution in [0.5, 0.6) is 11.5 Å². The van der Waals surface area contributed by atoms with Gasteiger partial charge in [0.2, 0.25) is 0 Å². The number of urea groups is 1. The van der Waals surface area contributed by atoms with Crippen molar-refractivity contribution >= 4 is 11.7 Å². The Hall–Kier alpha value is -3.58. The van der Waals surface area contributed by atoms with E-state index < -0.39 is 18.2 Å². The zero-order valence-electron chi connectivity index (χ0n) is 16.6. The third-order valence-electron chi connectivity index (χ3n) is 5.56. The van der Waals surface area contributed by atoms with Gasteiger partial charge < -0.3 is 20.6 Å². The number of phenols is 2. The Morgan fingerprint density at radius 3 is 2.39 bits per heavy atom. The summed E-state index contributed by atoms with van der Waals surface area (Å²) in [5.74, 6) is -0.569. The van der Waals surface area contributed by atoms with Crippen molar-refractivity contribution in [3.63, 3.8) is 0 Å². The lowest BCUT2D eigenvalue weighted by molar-refractivity contribution is 0.159. The second-order valence-corrected chi connectivity index (χ2v) is 7.59. The Labute approximate surface area is 179 Å². The standard InChI is InChI=1S/C24H23FN2O4/c25-16-8-6-15(7-9-16)21(29)13-12-20-23(19-11-10-18(28)14-22(19)30)27(24(31)26-20)17-4-2-1-3-5-17/h1-11,14,20-21,23,28-30H,12-13H2,(H,26,31)/t20-,21?,23+/m0/s1. The monoisotopic (exact) mass is 422 g/mol. The van der Waals surface area contributed by atoms with Crippen molar-refractivity contribution in [3.8, 4) is 11.5 Å². The number of anilines is 1. The molecule has 6 nitrogen and oxygen atoms in total. The normalized spacial score (nSPS) is 19.3. The van der Waals surface area contributed by atoms with Crippen molar-refractivity contribution in [1.82, 2.24) is 5.32 Å². The SMILES string of the molecule is O=C1N[C@@H](CCC(O)c2ccc(F)cc2)[C@@H](c2ccc(O)cc2O)N1c1ccccc1. The van der Waals surface area contributed by atoms with Crippen molar-refractivity contribution in [2.75, 3.05) is 4.90 Å². The number of benzene rings is 3. The minimum Gasteiger partial charge on any atom is -0.508 e. The molecule has 1 unspecified atom stereocenters. The largest absolute Gasteiger partial charge is 0.508 e. The van der Waals surface area contributed by atoms with Crippen LogP contribution in [-0.4, -0.2) is 27.4 Å². The molecule has 0 radical (unpaired) electrons. The van der Waals surface area contributed by atoms with Gasteiger partial charge in [-0.05, 0) is 54.8 Å². The predicted molar refractivity (Wildman–Crippen MR) is 114 cm³/mol. The van der Waals surface area contributed by atoms with E-state index in [1.807, 2.05) is 18.2 Å². The zero-order chi connectivity index (χ0) is 22.0. The lowest BCUT2D eigenvalue weighted by Crippen LogP contribution is -2.29. The van der Waals surface area contributed by atoms with Crippen LogP contribution in [0.3, 0.4) is 0 Å². The quantitative estimate of drug-likeness (QED) is 0.474. The van der Waals surface area contributed by atoms with Crippen LogP contribution in [0.2, 0.25) is 0 Å². The van der Waals surface area contributed by atoms with Gasteiger partial charge in [-0.1, -0.05) is 30.3 Å². The summed E-state index contributed by atoms with van der Waals surface area (Å²) in [7, 11) is 0. The molecule has 1 heterocycles. The van der Waals surface area contributed by atoms with Crippen molar-refractivity contribution in [2.45, 2.75) is 31.0 Å². The molecule has 3 aromatic carbocycles. The van der Waals surface area contributed by atoms with Crippen molar-refractivity contribution in [3.05, 3.63) is 89.7 Å². The minimum atomic E-state index is -0.822. The van der Waals surface area contributed by atoms with Gasteiger partial charge in [0.15, 0.2) is 0 Å². The number of rotatable bonds is 6. The summed E-state index contributed by atoms with van der Waals surface area (Å²) in [6, 6.07) is 17.8. The summed E-state index contributed by atoms with van der Waals surface area (Å²) in [6.45, 7) is 0. The molecule has 31 heavy (non-hydrogen) atoms. The summed E-state index contributed by atoms with van der Waals surface area (Å²) >= 11 is 0. The number of phenolic OH excluding ortho intramolecular Hbond substituents is 2. The predicted octanol–water partition coefficient (Wildman–Crippen LogP) is 4.39. The van der Waals surface area contributed by atoms with Gasteiger partial charge in [0, 0.05) is 17.3 Å². The van der Waals surface area contributed by atoms with E-state index in [1.54, 1.807) is 23.1 Å². The average molecular weight is 422 g/mol. The topological polar surface area (TPSA) is 93.0 Å². The number of carbonyl (C=O) groups is 1. The lowest BCUT2D eigenvalue weighted by Gasteiger charge is -2.28. The molecule has 4 N–H and O–H groups in total. The van der Waals surface area contributed by atoms with Crippen molar-refractivity contribution in [1.29, 1.82) is 0 Å². The van der Waals surface area contributed by atoms with E-state index in [9.17, 15) is 24.5 Å². The third-order valence-corrected chi connectivity index (χ3v) is 5.56. The van der Waals surface area contributed by atoms with E-state index in [-0.39, 0.29) is 23.3 Å². The summed E-state index contributed by atoms with van der Waals surface area (Å²) < 4.78 is 13.2. The van der Waals surface area contributed by atoms with Gasteiger partial charge in [0.25, 0.3) is 0 Å². The first-order valence-corrected chi connectivity index (χ1v) is 10.0. The molecule has 1 aliphatic rings. The molecule has 1 fully saturated rings. The number of nitrogens with zero attached hydrogens (tertiary/aromatic N) is 1. The van der Waals surface area contributed by atoms with Crippen molar-refractivity contribution in [2.24, 2.45) is 0 Å². The number of para-hydroxylation sites is 1. The number of aliphatic hydroxyl groups excluding tert-OH is 1. The van der Waals surface area contributed by atoms with Gasteiger partial charge in [-0.15, -0.1) is 0 Å². The molecular weight excluding hydrogens is 399 g/mol. The second-order valence-electron chi connectivity index (χ2n) is 7.59. The van der Waals surface area contributed by atoms with Crippen LogP contribution in [0.1, 0.15) is 36.1 Å². The Morgan fingerprint density at radius 2 is 1.71 bits per heavy atom. The first-order valence-electron chi connectivity index (χ1n) is 10.0. The number of aromatic hydroxyl groups is 2. The van der Waals surface area contributed by atoms with E-state index in [2.05, 4.69) is 5.32 Å². The summed E-state index contributed by atoms with van der Waals surface area (Å²) in [5, 5.41) is 33.7. The summed E-state index contributed by atoms with van der Waals surface area (Å²) in [4.78, 5) is 14.4. The van der Waals surface area contributed by atoms with Crippen LogP contribution in [-0.2, 0) is 0 Å². The average Bonchev–Trinajstić information content (AvgIpc) is 3.09. The number of amides is 2. The number of halogens is 1. The molecule has 0 bridgehead atoms. The minimum absolute atomic E-state index is 0.0759. The molecule has 1 aliphatic heterocycles. The zero-order valence-corrected chi connectivity index (χ0v) is 16.6. The van der Waals surface area contributed by atoms with Crippen LogP contribution in [0, 0.1) is 5.82 Å². The Bertz CT molecular complexity index is 1060. The molecule has 3 atom stereocenters. The molecule has 160 valence electrons. The van der Waals surface area contributed by atoms with Crippen LogP contribution in [0.15, 0.2) is 72.8 Å². The highest BCUT2D eigenvalue weighted by molar-refractivity contribution is 5.96. The Morgan fingerprint density at radius 1 is 1.00 bits per heavy atom. The number of hydrogen-bond acceptors (Lipinski definition) is 4. The maximum Gasteiger partial charge on any atom is 0.322 e. The van der Waals surface area contributed by atoms with Crippen LogP contribution in [0.4, 0.5) is 14.9 Å². The van der Waals surface area contributed by atoms with Gasteiger partial charge in [-0.3, -0.25) is 4.90 Å². The van der Waals surface area contributed by atoms with E-state index in [4.69, 9.17) is 0 Å². The number of aliphatic hydroxyl groups is 1. The van der Waals surface area contributed by atoms with E-state index in [0.29, 0.717) is 29.7 Å². The molecule has 7 heteroatoms. The molecular formula is C24H23FN2O4. The highest BCUT2D eigenvalue weighted by atomic mass is 19.1. The molecule has 0 aromatic heterocycles. The fourth-order valence-electron chi connectivity index (χ4n) is 4.04. The Kier molecular flexibility index (Phi) is 5.77. The van der Waals surface area contributed by atoms with E-state index >= 15 is 0 Å². The Balaban J connectivity index is 1.62. The maximum absolute atomic E-state index is 13.2. The van der Waals surface area contributed by atoms with Gasteiger partial charge in [-0.2, -0.15) is 0 Å². The van der Waals surface area contributed by atoms with Crippen LogP contribution < -0.4 is 10.2 Å². The molecule has 0 spiro atoms. The number of nitrogens with one attached hydrogen (secondary N) is 1. The number of hydrogen-bond donors (Lipinski definition) is 4. The van der Waals surface area contributed by atoms with E-state index in [1.165, 1.54) is 36.4 Å².